The summed E-state index contributed by atoms with van der Waals surface area (Å²) in [6, 6.07) is 24.2. The first kappa shape index (κ1) is 32.3. The number of aromatic nitrogens is 1. The number of likely N-dealkylation sites (tertiary alicyclic amines) is 1. The van der Waals surface area contributed by atoms with Gasteiger partial charge in [-0.2, -0.15) is 5.26 Å². The van der Waals surface area contributed by atoms with Crippen LogP contribution in [0.2, 0.25) is 5.02 Å². The normalized spacial score (nSPS) is 20.3. The average molecular weight is 652 g/mol. The first-order valence-electron chi connectivity index (χ1n) is 15.7. The van der Waals surface area contributed by atoms with Crippen molar-refractivity contribution >= 4 is 29.2 Å². The Balaban J connectivity index is 1.30. The van der Waals surface area contributed by atoms with Crippen LogP contribution in [0.1, 0.15) is 59.9 Å². The van der Waals surface area contributed by atoms with Crippen LogP contribution < -0.4 is 11.1 Å². The summed E-state index contributed by atoms with van der Waals surface area (Å²) in [5.41, 5.74) is 7.16. The lowest BCUT2D eigenvalue weighted by atomic mass is 9.78. The van der Waals surface area contributed by atoms with E-state index in [4.69, 9.17) is 17.3 Å². The molecule has 6 rings (SSSR count). The largest absolute Gasteiger partial charge is 0.383 e. The lowest BCUT2D eigenvalue weighted by molar-refractivity contribution is -0.122. The Morgan fingerprint density at radius 3 is 2.55 bits per heavy atom. The molecule has 0 radical (unpaired) electrons. The van der Waals surface area contributed by atoms with Crippen LogP contribution in [-0.2, 0) is 22.4 Å². The minimum Gasteiger partial charge on any atom is -0.383 e. The molecule has 10 heteroatoms. The van der Waals surface area contributed by atoms with Gasteiger partial charge < -0.3 is 15.7 Å². The number of urea groups is 1. The highest BCUT2D eigenvalue weighted by Gasteiger charge is 2.48. The summed E-state index contributed by atoms with van der Waals surface area (Å²) < 4.78 is 15.4. The number of halogens is 2. The van der Waals surface area contributed by atoms with E-state index in [-0.39, 0.29) is 30.8 Å². The SMILES string of the molecule is N#Cc1cccc(C(N)(CCC2CC2)c2ccc(F)c(CC(=O)[C@H]3C[C@](O)(c4ccccc4)CN3C(=O)Nc3ccc(Cl)cn3)c2)c1. The molecular formula is C37H35ClFN5O3. The summed E-state index contributed by atoms with van der Waals surface area (Å²) in [6.45, 7) is -0.155. The number of rotatable bonds is 10. The van der Waals surface area contributed by atoms with Crippen LogP contribution in [0.15, 0.2) is 91.1 Å². The van der Waals surface area contributed by atoms with E-state index in [1.165, 1.54) is 23.2 Å². The second kappa shape index (κ2) is 13.2. The van der Waals surface area contributed by atoms with Crippen molar-refractivity contribution in [3.8, 4) is 6.07 Å². The van der Waals surface area contributed by atoms with Crippen molar-refractivity contribution in [1.82, 2.24) is 9.88 Å². The van der Waals surface area contributed by atoms with Gasteiger partial charge in [0.25, 0.3) is 0 Å². The molecule has 2 amide bonds. The zero-order chi connectivity index (χ0) is 33.2. The minimum absolute atomic E-state index is 0.0677. The molecule has 1 aromatic heterocycles. The summed E-state index contributed by atoms with van der Waals surface area (Å²) in [4.78, 5) is 33.0. The molecule has 1 aliphatic heterocycles. The summed E-state index contributed by atoms with van der Waals surface area (Å²) >= 11 is 5.94. The van der Waals surface area contributed by atoms with Crippen LogP contribution in [0.25, 0.3) is 0 Å². The molecule has 1 saturated heterocycles. The average Bonchev–Trinajstić information content (AvgIpc) is 3.85. The van der Waals surface area contributed by atoms with Gasteiger partial charge in [0.1, 0.15) is 17.2 Å². The number of nitrogens with one attached hydrogen (secondary N) is 1. The van der Waals surface area contributed by atoms with Crippen molar-refractivity contribution in [1.29, 1.82) is 5.26 Å². The molecule has 2 heterocycles. The van der Waals surface area contributed by atoms with E-state index >= 15 is 4.39 Å². The third-order valence-electron chi connectivity index (χ3n) is 9.32. The van der Waals surface area contributed by atoms with E-state index in [2.05, 4.69) is 16.4 Å². The van der Waals surface area contributed by atoms with Crippen LogP contribution >= 0.6 is 11.6 Å². The summed E-state index contributed by atoms with van der Waals surface area (Å²) in [5.74, 6) is -0.191. The van der Waals surface area contributed by atoms with Gasteiger partial charge in [0.15, 0.2) is 5.78 Å². The van der Waals surface area contributed by atoms with Crippen molar-refractivity contribution < 1.29 is 19.1 Å². The molecule has 1 saturated carbocycles. The molecule has 2 aliphatic rings. The number of nitrogens with two attached hydrogens (primary N) is 1. The molecule has 2 fully saturated rings. The third kappa shape index (κ3) is 7.05. The molecule has 4 N–H and O–H groups in total. The number of ketones is 1. The van der Waals surface area contributed by atoms with E-state index in [9.17, 15) is 20.0 Å². The van der Waals surface area contributed by atoms with Crippen LogP contribution in [0.5, 0.6) is 0 Å². The predicted octanol–water partition coefficient (Wildman–Crippen LogP) is 6.44. The van der Waals surface area contributed by atoms with Gasteiger partial charge in [-0.1, -0.05) is 79.0 Å². The number of nitriles is 1. The Kier molecular flexibility index (Phi) is 9.11. The standard InChI is InChI=1S/C37H35ClFN5O3/c38-30-12-14-34(42-22-30)43-35(46)44-23-36(47,27-6-2-1-3-7-27)20-32(44)33(45)19-26-18-29(11-13-31(26)39)37(41,16-15-24-9-10-24)28-8-4-5-25(17-28)21-40/h1-8,11-14,17-18,22,24,32,47H,9-10,15-16,19-20,23,41H2,(H,42,43,46)/t32-,36-,37?/m1/s1. The summed E-state index contributed by atoms with van der Waals surface area (Å²) in [7, 11) is 0. The van der Waals surface area contributed by atoms with Crippen LogP contribution in [0.3, 0.4) is 0 Å². The van der Waals surface area contributed by atoms with Crippen LogP contribution in [-0.4, -0.2) is 39.4 Å². The fourth-order valence-corrected chi connectivity index (χ4v) is 6.54. The number of Topliss-reactive ketones (excluding diaryl/α,β-unsaturated/α-hetero) is 1. The summed E-state index contributed by atoms with van der Waals surface area (Å²) in [5, 5.41) is 24.3. The topological polar surface area (TPSA) is 132 Å². The lowest BCUT2D eigenvalue weighted by Crippen LogP contribution is -2.44. The molecule has 47 heavy (non-hydrogen) atoms. The number of nitrogens with zero attached hydrogens (tertiary/aromatic N) is 3. The second-order valence-corrected chi connectivity index (χ2v) is 13.1. The first-order chi connectivity index (χ1) is 22.6. The Morgan fingerprint density at radius 2 is 1.85 bits per heavy atom. The Labute approximate surface area is 278 Å². The van der Waals surface area contributed by atoms with Crippen molar-refractivity contribution in [2.75, 3.05) is 11.9 Å². The first-order valence-corrected chi connectivity index (χ1v) is 16.0. The molecule has 3 aromatic carbocycles. The number of pyridine rings is 1. The zero-order valence-electron chi connectivity index (χ0n) is 25.7. The van der Waals surface area contributed by atoms with E-state index in [1.54, 1.807) is 60.7 Å². The van der Waals surface area contributed by atoms with Crippen molar-refractivity contribution in [3.05, 3.63) is 130 Å². The van der Waals surface area contributed by atoms with Gasteiger partial charge in [-0.05, 0) is 71.3 Å². The number of β-amino-alcohol motifs (C(OH)–C–C–N with tert-alkyl or cyclic N) is 1. The smallest absolute Gasteiger partial charge is 0.323 e. The Morgan fingerprint density at radius 1 is 1.09 bits per heavy atom. The highest BCUT2D eigenvalue weighted by molar-refractivity contribution is 6.30. The van der Waals surface area contributed by atoms with Gasteiger partial charge in [0.2, 0.25) is 0 Å². The maximum atomic E-state index is 15.4. The number of hydrogen-bond donors (Lipinski definition) is 3. The number of aliphatic hydroxyl groups is 1. The van der Waals surface area contributed by atoms with Crippen molar-refractivity contribution in [2.24, 2.45) is 11.7 Å². The predicted molar refractivity (Wildman–Crippen MR) is 177 cm³/mol. The number of anilines is 1. The van der Waals surface area contributed by atoms with Crippen LogP contribution in [0.4, 0.5) is 15.0 Å². The minimum atomic E-state index is -1.51. The van der Waals surface area contributed by atoms with Crippen LogP contribution in [0, 0.1) is 23.1 Å². The van der Waals surface area contributed by atoms with Gasteiger partial charge >= 0.3 is 6.03 Å². The number of carbonyl (C=O) groups excluding carboxylic acids is 2. The Bertz CT molecular complexity index is 1830. The van der Waals surface area contributed by atoms with Crippen molar-refractivity contribution in [3.63, 3.8) is 0 Å². The van der Waals surface area contributed by atoms with Gasteiger partial charge in [-0.15, -0.1) is 0 Å². The van der Waals surface area contributed by atoms with Gasteiger partial charge in [-0.3, -0.25) is 10.1 Å². The lowest BCUT2D eigenvalue weighted by Gasteiger charge is -2.32. The second-order valence-electron chi connectivity index (χ2n) is 12.6. The molecule has 0 bridgehead atoms. The molecule has 3 atom stereocenters. The highest BCUT2D eigenvalue weighted by atomic mass is 35.5. The quantitative estimate of drug-likeness (QED) is 0.181. The molecule has 1 unspecified atom stereocenters. The fraction of sp³-hybridized carbons (Fsp3) is 0.297. The number of amides is 2. The monoisotopic (exact) mass is 651 g/mol. The van der Waals surface area contributed by atoms with Crippen molar-refractivity contribution in [2.45, 2.75) is 55.7 Å². The molecule has 0 spiro atoms. The van der Waals surface area contributed by atoms with Gasteiger partial charge in [0.05, 0.1) is 34.8 Å². The zero-order valence-corrected chi connectivity index (χ0v) is 26.5. The van der Waals surface area contributed by atoms with E-state index in [0.717, 1.165) is 24.8 Å². The fourth-order valence-electron chi connectivity index (χ4n) is 6.43. The molecule has 1 aliphatic carbocycles. The van der Waals surface area contributed by atoms with Gasteiger partial charge in [0, 0.05) is 19.0 Å². The number of hydrogen-bond acceptors (Lipinski definition) is 6. The van der Waals surface area contributed by atoms with E-state index in [0.29, 0.717) is 34.1 Å². The van der Waals surface area contributed by atoms with E-state index < -0.39 is 34.8 Å². The maximum Gasteiger partial charge on any atom is 0.323 e. The Hall–Kier alpha value is -4.62. The maximum absolute atomic E-state index is 15.4. The molecule has 8 nitrogen and oxygen atoms in total. The van der Waals surface area contributed by atoms with Gasteiger partial charge in [-0.25, -0.2) is 14.2 Å². The molecular weight excluding hydrogens is 617 g/mol. The third-order valence-corrected chi connectivity index (χ3v) is 9.54. The summed E-state index contributed by atoms with van der Waals surface area (Å²) in [6.07, 6.45) is 4.75. The number of carbonyl (C=O) groups is 2. The highest BCUT2D eigenvalue weighted by Crippen LogP contribution is 2.41. The molecule has 4 aromatic rings. The number of benzene rings is 3. The van der Waals surface area contributed by atoms with E-state index in [1.807, 2.05) is 12.1 Å². The molecule has 240 valence electrons.